The molecule has 1 unspecified atom stereocenters. The van der Waals surface area contributed by atoms with Crippen LogP contribution in [0.5, 0.6) is 0 Å². The first kappa shape index (κ1) is 22.2. The highest BCUT2D eigenvalue weighted by Gasteiger charge is 2.31. The molecule has 0 fully saturated rings. The van der Waals surface area contributed by atoms with Crippen LogP contribution in [0.2, 0.25) is 0 Å². The summed E-state index contributed by atoms with van der Waals surface area (Å²) < 4.78 is 0.952. The van der Waals surface area contributed by atoms with E-state index in [0.29, 0.717) is 19.4 Å². The Morgan fingerprint density at radius 2 is 1.68 bits per heavy atom. The van der Waals surface area contributed by atoms with Gasteiger partial charge in [-0.2, -0.15) is 0 Å². The van der Waals surface area contributed by atoms with Crippen molar-refractivity contribution < 1.29 is 9.59 Å². The van der Waals surface area contributed by atoms with Crippen molar-refractivity contribution in [2.45, 2.75) is 58.7 Å². The van der Waals surface area contributed by atoms with Gasteiger partial charge in [0.25, 0.3) is 0 Å². The summed E-state index contributed by atoms with van der Waals surface area (Å²) in [5.41, 5.74) is 1.64. The summed E-state index contributed by atoms with van der Waals surface area (Å²) in [6.45, 7) is 8.07. The van der Waals surface area contributed by atoms with Crippen molar-refractivity contribution in [3.05, 3.63) is 70.2 Å². The molecular formula is C23H29BrN2O2. The van der Waals surface area contributed by atoms with Crippen LogP contribution < -0.4 is 5.32 Å². The van der Waals surface area contributed by atoms with Crippen molar-refractivity contribution >= 4 is 27.7 Å². The van der Waals surface area contributed by atoms with Gasteiger partial charge in [-0.05, 0) is 44.0 Å². The molecule has 1 N–H and O–H groups in total. The van der Waals surface area contributed by atoms with E-state index in [-0.39, 0.29) is 17.4 Å². The lowest BCUT2D eigenvalue weighted by Gasteiger charge is -2.33. The van der Waals surface area contributed by atoms with Gasteiger partial charge in [0.05, 0.1) is 0 Å². The molecular weight excluding hydrogens is 416 g/mol. The minimum Gasteiger partial charge on any atom is -0.350 e. The lowest BCUT2D eigenvalue weighted by molar-refractivity contribution is -0.141. The SMILES string of the molecule is CCC(=O)N(Cc1cccc(Br)c1)C(Cc1ccccc1)C(=O)NC(C)(C)C. The van der Waals surface area contributed by atoms with Crippen molar-refractivity contribution in [3.63, 3.8) is 0 Å². The number of halogens is 1. The zero-order valence-corrected chi connectivity index (χ0v) is 18.6. The average molecular weight is 445 g/mol. The van der Waals surface area contributed by atoms with Gasteiger partial charge >= 0.3 is 0 Å². The third-order valence-corrected chi connectivity index (χ3v) is 4.81. The van der Waals surface area contributed by atoms with Gasteiger partial charge in [-0.3, -0.25) is 9.59 Å². The monoisotopic (exact) mass is 444 g/mol. The lowest BCUT2D eigenvalue weighted by atomic mass is 10.0. The molecule has 0 aliphatic carbocycles. The van der Waals surface area contributed by atoms with Crippen molar-refractivity contribution in [1.29, 1.82) is 0 Å². The minimum absolute atomic E-state index is 0.0371. The summed E-state index contributed by atoms with van der Waals surface area (Å²) in [7, 11) is 0. The molecule has 0 spiro atoms. The van der Waals surface area contributed by atoms with E-state index in [1.807, 2.05) is 82.3 Å². The third-order valence-electron chi connectivity index (χ3n) is 4.31. The normalized spacial score (nSPS) is 12.3. The van der Waals surface area contributed by atoms with E-state index in [9.17, 15) is 9.59 Å². The number of amides is 2. The Bertz CT molecular complexity index is 800. The van der Waals surface area contributed by atoms with E-state index in [0.717, 1.165) is 15.6 Å². The summed E-state index contributed by atoms with van der Waals surface area (Å²) in [5, 5.41) is 3.05. The van der Waals surface area contributed by atoms with Crippen LogP contribution >= 0.6 is 15.9 Å². The zero-order valence-electron chi connectivity index (χ0n) is 17.0. The maximum Gasteiger partial charge on any atom is 0.243 e. The number of nitrogens with one attached hydrogen (secondary N) is 1. The van der Waals surface area contributed by atoms with Crippen molar-refractivity contribution in [3.8, 4) is 0 Å². The second-order valence-corrected chi connectivity index (χ2v) is 8.87. The predicted molar refractivity (Wildman–Crippen MR) is 117 cm³/mol. The fourth-order valence-electron chi connectivity index (χ4n) is 3.04. The Morgan fingerprint density at radius 1 is 1.04 bits per heavy atom. The molecule has 2 amide bonds. The molecule has 0 aromatic heterocycles. The summed E-state index contributed by atoms with van der Waals surface area (Å²) in [5.74, 6) is -0.168. The molecule has 0 saturated carbocycles. The predicted octanol–water partition coefficient (Wildman–Crippen LogP) is 4.71. The highest BCUT2D eigenvalue weighted by molar-refractivity contribution is 9.10. The van der Waals surface area contributed by atoms with Crippen LogP contribution in [0.1, 0.15) is 45.2 Å². The molecule has 0 aliphatic heterocycles. The Balaban J connectivity index is 2.38. The van der Waals surface area contributed by atoms with Crippen molar-refractivity contribution in [1.82, 2.24) is 10.2 Å². The van der Waals surface area contributed by atoms with Crippen LogP contribution in [0.25, 0.3) is 0 Å². The molecule has 0 saturated heterocycles. The van der Waals surface area contributed by atoms with E-state index in [4.69, 9.17) is 0 Å². The quantitative estimate of drug-likeness (QED) is 0.671. The fraction of sp³-hybridized carbons (Fsp3) is 0.391. The first-order valence-electron chi connectivity index (χ1n) is 9.59. The van der Waals surface area contributed by atoms with E-state index in [1.54, 1.807) is 4.90 Å². The molecule has 0 radical (unpaired) electrons. The maximum atomic E-state index is 13.2. The van der Waals surface area contributed by atoms with E-state index >= 15 is 0 Å². The summed E-state index contributed by atoms with van der Waals surface area (Å²) in [6, 6.07) is 17.1. The van der Waals surface area contributed by atoms with Gasteiger partial charge in [-0.1, -0.05) is 65.3 Å². The molecule has 0 bridgehead atoms. The molecule has 4 nitrogen and oxygen atoms in total. The van der Waals surface area contributed by atoms with Crippen molar-refractivity contribution in [2.75, 3.05) is 0 Å². The molecule has 2 rings (SSSR count). The average Bonchev–Trinajstić information content (AvgIpc) is 2.63. The van der Waals surface area contributed by atoms with E-state index < -0.39 is 6.04 Å². The first-order chi connectivity index (χ1) is 13.2. The third kappa shape index (κ3) is 6.79. The highest BCUT2D eigenvalue weighted by atomic mass is 79.9. The van der Waals surface area contributed by atoms with E-state index in [1.165, 1.54) is 0 Å². The molecule has 2 aromatic rings. The van der Waals surface area contributed by atoms with Crippen LogP contribution in [-0.4, -0.2) is 28.3 Å². The molecule has 2 aromatic carbocycles. The number of nitrogens with zero attached hydrogens (tertiary/aromatic N) is 1. The summed E-state index contributed by atoms with van der Waals surface area (Å²) >= 11 is 3.48. The van der Waals surface area contributed by atoms with Gasteiger partial charge in [0, 0.05) is 29.4 Å². The Hall–Kier alpha value is -2.14. The van der Waals surface area contributed by atoms with Gasteiger partial charge in [-0.25, -0.2) is 0 Å². The second-order valence-electron chi connectivity index (χ2n) is 7.95. The van der Waals surface area contributed by atoms with Gasteiger partial charge < -0.3 is 10.2 Å². The second kappa shape index (κ2) is 9.87. The maximum absolute atomic E-state index is 13.2. The van der Waals surface area contributed by atoms with Crippen LogP contribution in [0.15, 0.2) is 59.1 Å². The zero-order chi connectivity index (χ0) is 20.7. The first-order valence-corrected chi connectivity index (χ1v) is 10.4. The number of carbonyl (C=O) groups is 2. The smallest absolute Gasteiger partial charge is 0.243 e. The molecule has 0 heterocycles. The Labute approximate surface area is 176 Å². The van der Waals surface area contributed by atoms with Crippen molar-refractivity contribution in [2.24, 2.45) is 0 Å². The minimum atomic E-state index is -0.576. The number of benzene rings is 2. The van der Waals surface area contributed by atoms with Crippen LogP contribution in [0, 0.1) is 0 Å². The lowest BCUT2D eigenvalue weighted by Crippen LogP contribution is -2.54. The van der Waals surface area contributed by atoms with Crippen LogP contribution in [0.4, 0.5) is 0 Å². The van der Waals surface area contributed by atoms with Gasteiger partial charge in [0.15, 0.2) is 0 Å². The highest BCUT2D eigenvalue weighted by Crippen LogP contribution is 2.19. The summed E-state index contributed by atoms with van der Waals surface area (Å²) in [4.78, 5) is 27.7. The Morgan fingerprint density at radius 3 is 2.25 bits per heavy atom. The molecule has 0 aliphatic rings. The van der Waals surface area contributed by atoms with Gasteiger partial charge in [0.1, 0.15) is 6.04 Å². The number of carbonyl (C=O) groups excluding carboxylic acids is 2. The summed E-state index contributed by atoms with van der Waals surface area (Å²) in [6.07, 6.45) is 0.824. The fourth-order valence-corrected chi connectivity index (χ4v) is 3.49. The van der Waals surface area contributed by atoms with Gasteiger partial charge in [0.2, 0.25) is 11.8 Å². The van der Waals surface area contributed by atoms with Crippen LogP contribution in [-0.2, 0) is 22.6 Å². The molecule has 150 valence electrons. The standard InChI is InChI=1S/C23H29BrN2O2/c1-5-21(27)26(16-18-12-9-13-19(24)14-18)20(22(28)25-23(2,3)4)15-17-10-7-6-8-11-17/h6-14,20H,5,15-16H2,1-4H3,(H,25,28). The van der Waals surface area contributed by atoms with E-state index in [2.05, 4.69) is 21.2 Å². The number of rotatable bonds is 7. The molecule has 28 heavy (non-hydrogen) atoms. The molecule has 5 heteroatoms. The van der Waals surface area contributed by atoms with Gasteiger partial charge in [-0.15, -0.1) is 0 Å². The number of hydrogen-bond donors (Lipinski definition) is 1. The largest absolute Gasteiger partial charge is 0.350 e. The topological polar surface area (TPSA) is 49.4 Å². The van der Waals surface area contributed by atoms with Crippen LogP contribution in [0.3, 0.4) is 0 Å². The Kier molecular flexibility index (Phi) is 7.81. The number of hydrogen-bond acceptors (Lipinski definition) is 2. The molecule has 1 atom stereocenters.